The fourth-order valence-corrected chi connectivity index (χ4v) is 1.64. The van der Waals surface area contributed by atoms with Crippen LogP contribution in [0.4, 0.5) is 5.13 Å². The molecule has 0 saturated carbocycles. The third kappa shape index (κ3) is 2.19. The third-order valence-corrected chi connectivity index (χ3v) is 2.46. The Morgan fingerprint density at radius 2 is 2.54 bits per heavy atom. The summed E-state index contributed by atoms with van der Waals surface area (Å²) in [6.45, 7) is 0.598. The van der Waals surface area contributed by atoms with Crippen LogP contribution in [0.15, 0.2) is 23.0 Å². The summed E-state index contributed by atoms with van der Waals surface area (Å²) >= 11 is 7.10. The number of aromatic nitrogens is 2. The van der Waals surface area contributed by atoms with Gasteiger partial charge in [0.15, 0.2) is 5.13 Å². The first-order valence-corrected chi connectivity index (χ1v) is 4.78. The van der Waals surface area contributed by atoms with E-state index >= 15 is 0 Å². The maximum Gasteiger partial charge on any atom is 0.184 e. The molecular weight excluding hydrogens is 210 g/mol. The van der Waals surface area contributed by atoms with E-state index in [0.717, 1.165) is 10.8 Å². The van der Waals surface area contributed by atoms with Crippen LogP contribution in [0.5, 0.6) is 0 Å². The van der Waals surface area contributed by atoms with E-state index in [1.807, 2.05) is 0 Å². The van der Waals surface area contributed by atoms with Gasteiger partial charge < -0.3 is 9.84 Å². The average Bonchev–Trinajstić information content (AvgIpc) is 2.71. The molecule has 2 heterocycles. The minimum atomic E-state index is 0.598. The average molecular weight is 216 g/mol. The third-order valence-electron chi connectivity index (χ3n) is 1.39. The maximum absolute atomic E-state index is 5.70. The van der Waals surface area contributed by atoms with Gasteiger partial charge in [0.2, 0.25) is 0 Å². The molecule has 0 amide bonds. The van der Waals surface area contributed by atoms with Crippen LogP contribution in [0, 0.1) is 0 Å². The number of nitrogens with zero attached hydrogens (tertiary/aromatic N) is 2. The van der Waals surface area contributed by atoms with Crippen LogP contribution in [0.2, 0.25) is 4.34 Å². The fraction of sp³-hybridized carbons (Fsp3) is 0.143. The highest BCUT2D eigenvalue weighted by Gasteiger charge is 2.00. The molecule has 0 bridgehead atoms. The van der Waals surface area contributed by atoms with Crippen molar-refractivity contribution in [2.45, 2.75) is 6.54 Å². The highest BCUT2D eigenvalue weighted by atomic mass is 35.5. The highest BCUT2D eigenvalue weighted by Crippen LogP contribution is 2.22. The SMILES string of the molecule is Clc1cnc(NCc2ccon2)s1. The number of halogens is 1. The van der Waals surface area contributed by atoms with Gasteiger partial charge in [0.1, 0.15) is 16.3 Å². The van der Waals surface area contributed by atoms with Gasteiger partial charge in [-0.2, -0.15) is 0 Å². The van der Waals surface area contributed by atoms with Crippen molar-refractivity contribution in [3.63, 3.8) is 0 Å². The summed E-state index contributed by atoms with van der Waals surface area (Å²) in [7, 11) is 0. The zero-order chi connectivity index (χ0) is 9.10. The van der Waals surface area contributed by atoms with Crippen molar-refractivity contribution in [1.82, 2.24) is 10.1 Å². The molecule has 1 N–H and O–H groups in total. The lowest BCUT2D eigenvalue weighted by Gasteiger charge is -1.96. The van der Waals surface area contributed by atoms with Gasteiger partial charge in [0, 0.05) is 6.07 Å². The lowest BCUT2D eigenvalue weighted by molar-refractivity contribution is 0.412. The van der Waals surface area contributed by atoms with Crippen LogP contribution in [-0.2, 0) is 6.54 Å². The second kappa shape index (κ2) is 3.76. The van der Waals surface area contributed by atoms with Crippen molar-refractivity contribution in [3.8, 4) is 0 Å². The summed E-state index contributed by atoms with van der Waals surface area (Å²) in [5, 5.41) is 7.60. The summed E-state index contributed by atoms with van der Waals surface area (Å²) in [5.41, 5.74) is 0.839. The number of anilines is 1. The molecular formula is C7H6ClN3OS. The monoisotopic (exact) mass is 215 g/mol. The molecule has 4 nitrogen and oxygen atoms in total. The number of rotatable bonds is 3. The van der Waals surface area contributed by atoms with E-state index in [0.29, 0.717) is 10.9 Å². The van der Waals surface area contributed by atoms with E-state index in [9.17, 15) is 0 Å². The highest BCUT2D eigenvalue weighted by molar-refractivity contribution is 7.19. The predicted molar refractivity (Wildman–Crippen MR) is 51.0 cm³/mol. The van der Waals surface area contributed by atoms with Crippen molar-refractivity contribution < 1.29 is 4.52 Å². The van der Waals surface area contributed by atoms with Crippen molar-refractivity contribution in [2.75, 3.05) is 5.32 Å². The molecule has 0 saturated heterocycles. The first kappa shape index (κ1) is 8.52. The van der Waals surface area contributed by atoms with Gasteiger partial charge in [0.05, 0.1) is 12.7 Å². The first-order chi connectivity index (χ1) is 6.34. The molecule has 0 atom stereocenters. The molecule has 0 aliphatic rings. The minimum Gasteiger partial charge on any atom is -0.364 e. The van der Waals surface area contributed by atoms with Crippen molar-refractivity contribution in [3.05, 3.63) is 28.6 Å². The summed E-state index contributed by atoms with van der Waals surface area (Å²) in [6.07, 6.45) is 3.14. The Kier molecular flexibility index (Phi) is 2.47. The topological polar surface area (TPSA) is 51.0 Å². The zero-order valence-electron chi connectivity index (χ0n) is 6.53. The maximum atomic E-state index is 5.70. The Morgan fingerprint density at radius 1 is 1.62 bits per heavy atom. The van der Waals surface area contributed by atoms with Gasteiger partial charge in [-0.1, -0.05) is 28.1 Å². The number of hydrogen-bond donors (Lipinski definition) is 1. The molecule has 2 aromatic rings. The number of hydrogen-bond acceptors (Lipinski definition) is 5. The van der Waals surface area contributed by atoms with Crippen molar-refractivity contribution >= 4 is 28.1 Å². The van der Waals surface area contributed by atoms with E-state index in [1.54, 1.807) is 12.3 Å². The van der Waals surface area contributed by atoms with Crippen molar-refractivity contribution in [2.24, 2.45) is 0 Å². The molecule has 6 heteroatoms. The number of nitrogens with one attached hydrogen (secondary N) is 1. The van der Waals surface area contributed by atoms with Gasteiger partial charge in [-0.15, -0.1) is 0 Å². The summed E-state index contributed by atoms with van der Waals surface area (Å²) in [6, 6.07) is 1.79. The van der Waals surface area contributed by atoms with E-state index in [4.69, 9.17) is 11.6 Å². The lowest BCUT2D eigenvalue weighted by Crippen LogP contribution is -1.98. The van der Waals surface area contributed by atoms with Crippen LogP contribution < -0.4 is 5.32 Å². The quantitative estimate of drug-likeness (QED) is 0.854. The van der Waals surface area contributed by atoms with Crippen LogP contribution in [0.25, 0.3) is 0 Å². The lowest BCUT2D eigenvalue weighted by atomic mass is 10.4. The van der Waals surface area contributed by atoms with E-state index in [-0.39, 0.29) is 0 Å². The normalized spacial score (nSPS) is 10.2. The Labute approximate surface area is 83.5 Å². The van der Waals surface area contributed by atoms with Crippen LogP contribution in [0.1, 0.15) is 5.69 Å². The second-order valence-electron chi connectivity index (χ2n) is 2.31. The zero-order valence-corrected chi connectivity index (χ0v) is 8.10. The van der Waals surface area contributed by atoms with Gasteiger partial charge in [-0.3, -0.25) is 0 Å². The van der Waals surface area contributed by atoms with Gasteiger partial charge in [-0.05, 0) is 0 Å². The minimum absolute atomic E-state index is 0.598. The smallest absolute Gasteiger partial charge is 0.184 e. The molecule has 13 heavy (non-hydrogen) atoms. The molecule has 0 spiro atoms. The number of thiazole rings is 1. The summed E-state index contributed by atoms with van der Waals surface area (Å²) < 4.78 is 5.34. The Balaban J connectivity index is 1.93. The standard InChI is InChI=1S/C7H6ClN3OS/c8-6-4-10-7(13-6)9-3-5-1-2-12-11-5/h1-2,4H,3H2,(H,9,10). The molecule has 0 aromatic carbocycles. The molecule has 0 aliphatic carbocycles. The molecule has 0 radical (unpaired) electrons. The Morgan fingerprint density at radius 3 is 3.15 bits per heavy atom. The van der Waals surface area contributed by atoms with Crippen LogP contribution in [0.3, 0.4) is 0 Å². The van der Waals surface area contributed by atoms with Crippen LogP contribution in [-0.4, -0.2) is 10.1 Å². The summed E-state index contributed by atoms with van der Waals surface area (Å²) in [5.74, 6) is 0. The Bertz CT molecular complexity index is 373. The molecule has 2 rings (SSSR count). The second-order valence-corrected chi connectivity index (χ2v) is 3.98. The molecule has 68 valence electrons. The Hall–Kier alpha value is -1.07. The largest absolute Gasteiger partial charge is 0.364 e. The summed E-state index contributed by atoms with van der Waals surface area (Å²) in [4.78, 5) is 4.03. The molecule has 2 aromatic heterocycles. The van der Waals surface area contributed by atoms with Crippen LogP contribution >= 0.6 is 22.9 Å². The van der Waals surface area contributed by atoms with E-state index in [1.165, 1.54) is 17.6 Å². The van der Waals surface area contributed by atoms with Gasteiger partial charge in [-0.25, -0.2) is 4.98 Å². The predicted octanol–water partition coefficient (Wildman–Crippen LogP) is 2.40. The molecule has 0 fully saturated rings. The fourth-order valence-electron chi connectivity index (χ4n) is 0.831. The van der Waals surface area contributed by atoms with Gasteiger partial charge in [0.25, 0.3) is 0 Å². The van der Waals surface area contributed by atoms with E-state index < -0.39 is 0 Å². The molecule has 0 aliphatic heterocycles. The van der Waals surface area contributed by atoms with Crippen molar-refractivity contribution in [1.29, 1.82) is 0 Å². The molecule has 0 unspecified atom stereocenters. The van der Waals surface area contributed by atoms with Gasteiger partial charge >= 0.3 is 0 Å². The first-order valence-electron chi connectivity index (χ1n) is 3.59. The van der Waals surface area contributed by atoms with E-state index in [2.05, 4.69) is 20.0 Å².